The van der Waals surface area contributed by atoms with Crippen molar-refractivity contribution in [1.82, 2.24) is 4.57 Å². The first-order valence-corrected chi connectivity index (χ1v) is 17.5. The molecule has 0 aliphatic heterocycles. The molecule has 0 radical (unpaired) electrons. The van der Waals surface area contributed by atoms with Crippen LogP contribution < -0.4 is 4.74 Å². The lowest BCUT2D eigenvalue weighted by Gasteiger charge is -2.10. The van der Waals surface area contributed by atoms with Crippen LogP contribution >= 0.6 is 0 Å². The summed E-state index contributed by atoms with van der Waals surface area (Å²) in [6.07, 6.45) is 30.5. The molecule has 2 nitrogen and oxygen atoms in total. The summed E-state index contributed by atoms with van der Waals surface area (Å²) in [4.78, 5) is 0. The molecule has 3 rings (SSSR count). The molecule has 0 aliphatic carbocycles. The molecule has 0 amide bonds. The molecular formula is C38H61NO. The summed E-state index contributed by atoms with van der Waals surface area (Å²) in [7, 11) is 0. The molecule has 0 fully saturated rings. The molecule has 1 heterocycles. The fraction of sp³-hybridized carbons (Fsp3) is 0.684. The van der Waals surface area contributed by atoms with E-state index in [1.165, 1.54) is 157 Å². The first kappa shape index (κ1) is 32.6. The van der Waals surface area contributed by atoms with Crippen LogP contribution in [-0.4, -0.2) is 11.2 Å². The van der Waals surface area contributed by atoms with Crippen LogP contribution in [0.1, 0.15) is 155 Å². The molecule has 0 N–H and O–H groups in total. The standard InChI is InChI=1S/C38H61NO/c1-3-5-7-9-11-12-13-14-15-16-17-18-19-20-21-25-31-39-37-28-24-23-27-35(37)36-30-29-34(33-38(36)39)40-32-26-22-10-8-6-4-2/h23-24,27-30,33H,3-22,25-26,31-32H2,1-2H3. The van der Waals surface area contributed by atoms with Gasteiger partial charge in [0.15, 0.2) is 0 Å². The molecule has 0 spiro atoms. The van der Waals surface area contributed by atoms with Crippen LogP contribution in [0.25, 0.3) is 21.8 Å². The number of aromatic nitrogens is 1. The van der Waals surface area contributed by atoms with Crippen LogP contribution in [0.2, 0.25) is 0 Å². The van der Waals surface area contributed by atoms with Crippen molar-refractivity contribution >= 4 is 21.8 Å². The van der Waals surface area contributed by atoms with Gasteiger partial charge in [0.25, 0.3) is 0 Å². The first-order chi connectivity index (χ1) is 19.8. The summed E-state index contributed by atoms with van der Waals surface area (Å²) in [6.45, 7) is 6.51. The van der Waals surface area contributed by atoms with Crippen molar-refractivity contribution in [2.24, 2.45) is 0 Å². The number of hydrogen-bond donors (Lipinski definition) is 0. The van der Waals surface area contributed by atoms with Crippen molar-refractivity contribution in [3.8, 4) is 5.75 Å². The van der Waals surface area contributed by atoms with E-state index in [9.17, 15) is 0 Å². The molecule has 0 atom stereocenters. The molecule has 0 saturated carbocycles. The molecule has 2 heteroatoms. The Labute approximate surface area is 247 Å². The molecule has 1 aromatic heterocycles. The van der Waals surface area contributed by atoms with E-state index in [0.717, 1.165) is 25.3 Å². The Morgan fingerprint density at radius 3 is 1.52 bits per heavy atom. The normalized spacial score (nSPS) is 11.7. The van der Waals surface area contributed by atoms with Crippen molar-refractivity contribution in [3.05, 3.63) is 42.5 Å². The van der Waals surface area contributed by atoms with E-state index in [4.69, 9.17) is 4.74 Å². The number of rotatable bonds is 25. The zero-order valence-electron chi connectivity index (χ0n) is 26.4. The van der Waals surface area contributed by atoms with Gasteiger partial charge in [-0.1, -0.05) is 160 Å². The van der Waals surface area contributed by atoms with E-state index in [2.05, 4.69) is 60.9 Å². The first-order valence-electron chi connectivity index (χ1n) is 17.5. The summed E-state index contributed by atoms with van der Waals surface area (Å²) in [5, 5.41) is 2.73. The van der Waals surface area contributed by atoms with Gasteiger partial charge in [-0.05, 0) is 31.0 Å². The summed E-state index contributed by atoms with van der Waals surface area (Å²) in [5.41, 5.74) is 2.70. The van der Waals surface area contributed by atoms with E-state index in [-0.39, 0.29) is 0 Å². The second kappa shape index (κ2) is 20.8. The number of ether oxygens (including phenoxy) is 1. The maximum Gasteiger partial charge on any atom is 0.121 e. The average molecular weight is 548 g/mol. The number of hydrogen-bond acceptors (Lipinski definition) is 1. The molecule has 0 unspecified atom stereocenters. The highest BCUT2D eigenvalue weighted by Gasteiger charge is 2.11. The SMILES string of the molecule is CCCCCCCCCCCCCCCCCCn1c2ccccc2c2ccc(OCCCCCCCC)cc21. The minimum atomic E-state index is 0.830. The van der Waals surface area contributed by atoms with Crippen LogP contribution in [0, 0.1) is 0 Å². The summed E-state index contributed by atoms with van der Waals surface area (Å²) in [6, 6.07) is 15.7. The molecule has 0 saturated heterocycles. The predicted molar refractivity (Wildman–Crippen MR) is 178 cm³/mol. The van der Waals surface area contributed by atoms with Crippen molar-refractivity contribution in [2.45, 2.75) is 162 Å². The van der Waals surface area contributed by atoms with Crippen LogP contribution in [0.5, 0.6) is 5.75 Å². The van der Waals surface area contributed by atoms with Crippen molar-refractivity contribution in [2.75, 3.05) is 6.61 Å². The van der Waals surface area contributed by atoms with Gasteiger partial charge in [0.2, 0.25) is 0 Å². The Morgan fingerprint density at radius 1 is 0.475 bits per heavy atom. The maximum atomic E-state index is 6.19. The van der Waals surface area contributed by atoms with Crippen LogP contribution in [0.3, 0.4) is 0 Å². The highest BCUT2D eigenvalue weighted by molar-refractivity contribution is 6.08. The minimum absolute atomic E-state index is 0.830. The van der Waals surface area contributed by atoms with Crippen molar-refractivity contribution in [1.29, 1.82) is 0 Å². The Balaban J connectivity index is 1.33. The van der Waals surface area contributed by atoms with Gasteiger partial charge in [0.1, 0.15) is 5.75 Å². The summed E-state index contributed by atoms with van der Waals surface area (Å²) >= 11 is 0. The molecule has 3 aromatic rings. The van der Waals surface area contributed by atoms with E-state index in [1.54, 1.807) is 0 Å². The van der Waals surface area contributed by atoms with Gasteiger partial charge in [0, 0.05) is 28.9 Å². The second-order valence-electron chi connectivity index (χ2n) is 12.3. The third kappa shape index (κ3) is 11.9. The van der Waals surface area contributed by atoms with Gasteiger partial charge in [-0.25, -0.2) is 0 Å². The number of benzene rings is 2. The number of aryl methyl sites for hydroxylation is 1. The highest BCUT2D eigenvalue weighted by Crippen LogP contribution is 2.32. The third-order valence-corrected chi connectivity index (χ3v) is 8.75. The number of para-hydroxylation sites is 1. The van der Waals surface area contributed by atoms with Gasteiger partial charge in [-0.3, -0.25) is 0 Å². The molecule has 224 valence electrons. The van der Waals surface area contributed by atoms with Crippen molar-refractivity contribution < 1.29 is 4.74 Å². The minimum Gasteiger partial charge on any atom is -0.494 e. The quantitative estimate of drug-likeness (QED) is 0.0962. The van der Waals surface area contributed by atoms with Crippen LogP contribution in [0.15, 0.2) is 42.5 Å². The fourth-order valence-corrected chi connectivity index (χ4v) is 6.25. The Kier molecular flexibility index (Phi) is 17.0. The summed E-state index contributed by atoms with van der Waals surface area (Å²) in [5.74, 6) is 1.03. The Morgan fingerprint density at radius 2 is 0.950 bits per heavy atom. The number of unbranched alkanes of at least 4 members (excludes halogenated alkanes) is 20. The smallest absolute Gasteiger partial charge is 0.121 e. The van der Waals surface area contributed by atoms with Crippen LogP contribution in [0.4, 0.5) is 0 Å². The van der Waals surface area contributed by atoms with Crippen LogP contribution in [-0.2, 0) is 6.54 Å². The van der Waals surface area contributed by atoms with Crippen molar-refractivity contribution in [3.63, 3.8) is 0 Å². The van der Waals surface area contributed by atoms with E-state index in [0.29, 0.717) is 0 Å². The number of fused-ring (bicyclic) bond motifs is 3. The topological polar surface area (TPSA) is 14.2 Å². The zero-order chi connectivity index (χ0) is 28.1. The van der Waals surface area contributed by atoms with E-state index in [1.807, 2.05) is 0 Å². The molecule has 40 heavy (non-hydrogen) atoms. The van der Waals surface area contributed by atoms with Gasteiger partial charge < -0.3 is 9.30 Å². The number of nitrogens with zero attached hydrogens (tertiary/aromatic N) is 1. The lowest BCUT2D eigenvalue weighted by molar-refractivity contribution is 0.304. The lowest BCUT2D eigenvalue weighted by atomic mass is 10.0. The second-order valence-corrected chi connectivity index (χ2v) is 12.3. The largest absolute Gasteiger partial charge is 0.494 e. The third-order valence-electron chi connectivity index (χ3n) is 8.75. The molecule has 2 aromatic carbocycles. The average Bonchev–Trinajstić information content (AvgIpc) is 3.29. The highest BCUT2D eigenvalue weighted by atomic mass is 16.5. The van der Waals surface area contributed by atoms with Gasteiger partial charge >= 0.3 is 0 Å². The zero-order valence-corrected chi connectivity index (χ0v) is 26.4. The monoisotopic (exact) mass is 547 g/mol. The molecule has 0 bridgehead atoms. The molecule has 0 aliphatic rings. The van der Waals surface area contributed by atoms with Gasteiger partial charge in [-0.15, -0.1) is 0 Å². The summed E-state index contributed by atoms with van der Waals surface area (Å²) < 4.78 is 8.74. The fourth-order valence-electron chi connectivity index (χ4n) is 6.25. The Hall–Kier alpha value is -1.96. The predicted octanol–water partition coefficient (Wildman–Crippen LogP) is 12.8. The lowest BCUT2D eigenvalue weighted by Crippen LogP contribution is -2.00. The van der Waals surface area contributed by atoms with E-state index < -0.39 is 0 Å². The Bertz CT molecular complexity index is 1030. The van der Waals surface area contributed by atoms with E-state index >= 15 is 0 Å². The van der Waals surface area contributed by atoms with Gasteiger partial charge in [-0.2, -0.15) is 0 Å². The maximum absolute atomic E-state index is 6.19. The van der Waals surface area contributed by atoms with Gasteiger partial charge in [0.05, 0.1) is 12.1 Å². The molecular weight excluding hydrogens is 486 g/mol.